The van der Waals surface area contributed by atoms with E-state index in [1.807, 2.05) is 13.8 Å². The maximum Gasteiger partial charge on any atom is 0.379 e. The van der Waals surface area contributed by atoms with Gasteiger partial charge in [0.1, 0.15) is 0 Å². The van der Waals surface area contributed by atoms with Crippen LogP contribution in [0.4, 0.5) is 0 Å². The molecule has 0 spiro atoms. The summed E-state index contributed by atoms with van der Waals surface area (Å²) in [7, 11) is 1.17. The summed E-state index contributed by atoms with van der Waals surface area (Å²) in [6.45, 7) is 5.06. The number of hydrogen-bond acceptors (Lipinski definition) is 5. The smallest absolute Gasteiger partial charge is 0.379 e. The van der Waals surface area contributed by atoms with Crippen molar-refractivity contribution in [1.29, 1.82) is 0 Å². The van der Waals surface area contributed by atoms with Crippen molar-refractivity contribution in [1.82, 2.24) is 0 Å². The number of esters is 1. The molecule has 0 saturated carbocycles. The van der Waals surface area contributed by atoms with E-state index in [2.05, 4.69) is 4.74 Å². The lowest BCUT2D eigenvalue weighted by Gasteiger charge is -2.13. The molecule has 20 heavy (non-hydrogen) atoms. The Bertz CT molecular complexity index is 467. The molecule has 1 aromatic carbocycles. The molecule has 1 rings (SSSR count). The monoisotopic (exact) mass is 280 g/mol. The summed E-state index contributed by atoms with van der Waals surface area (Å²) in [5.41, 5.74) is 0.229. The van der Waals surface area contributed by atoms with Crippen LogP contribution in [0, 0.1) is 0 Å². The minimum absolute atomic E-state index is 0.229. The molecule has 0 unspecified atom stereocenters. The van der Waals surface area contributed by atoms with Gasteiger partial charge < -0.3 is 14.2 Å². The van der Waals surface area contributed by atoms with Crippen LogP contribution < -0.4 is 9.47 Å². The Morgan fingerprint density at radius 3 is 2.15 bits per heavy atom. The fourth-order valence-electron chi connectivity index (χ4n) is 1.52. The molecule has 110 valence electrons. The van der Waals surface area contributed by atoms with Gasteiger partial charge in [0.25, 0.3) is 5.78 Å². The van der Waals surface area contributed by atoms with Crippen molar-refractivity contribution in [2.24, 2.45) is 0 Å². The van der Waals surface area contributed by atoms with Gasteiger partial charge in [0.15, 0.2) is 11.5 Å². The molecule has 0 aliphatic carbocycles. The van der Waals surface area contributed by atoms with Crippen molar-refractivity contribution >= 4 is 11.8 Å². The second-order valence-electron chi connectivity index (χ2n) is 4.18. The third-order valence-corrected chi connectivity index (χ3v) is 2.50. The van der Waals surface area contributed by atoms with E-state index in [9.17, 15) is 9.59 Å². The predicted molar refractivity (Wildman–Crippen MR) is 74.4 cm³/mol. The maximum atomic E-state index is 11.8. The number of rotatable bonds is 8. The number of benzene rings is 1. The van der Waals surface area contributed by atoms with Crippen LogP contribution in [0.15, 0.2) is 18.2 Å². The van der Waals surface area contributed by atoms with E-state index >= 15 is 0 Å². The Balaban J connectivity index is 2.99. The van der Waals surface area contributed by atoms with Crippen molar-refractivity contribution in [2.45, 2.75) is 26.7 Å². The minimum Gasteiger partial charge on any atom is -0.490 e. The van der Waals surface area contributed by atoms with E-state index in [-0.39, 0.29) is 5.56 Å². The summed E-state index contributed by atoms with van der Waals surface area (Å²) in [5, 5.41) is 0. The van der Waals surface area contributed by atoms with Gasteiger partial charge in [-0.25, -0.2) is 4.79 Å². The van der Waals surface area contributed by atoms with Gasteiger partial charge in [-0.2, -0.15) is 0 Å². The molecule has 5 nitrogen and oxygen atoms in total. The highest BCUT2D eigenvalue weighted by Crippen LogP contribution is 2.29. The maximum absolute atomic E-state index is 11.8. The zero-order chi connectivity index (χ0) is 15.0. The first-order chi connectivity index (χ1) is 9.63. The largest absolute Gasteiger partial charge is 0.490 e. The fourth-order valence-corrected chi connectivity index (χ4v) is 1.52. The summed E-state index contributed by atoms with van der Waals surface area (Å²) in [6.07, 6.45) is 1.71. The van der Waals surface area contributed by atoms with Crippen molar-refractivity contribution in [3.63, 3.8) is 0 Å². The first-order valence-electron chi connectivity index (χ1n) is 6.66. The van der Waals surface area contributed by atoms with Gasteiger partial charge >= 0.3 is 5.97 Å². The van der Waals surface area contributed by atoms with Gasteiger partial charge in [-0.1, -0.05) is 13.8 Å². The van der Waals surface area contributed by atoms with E-state index in [1.165, 1.54) is 19.2 Å². The van der Waals surface area contributed by atoms with Crippen LogP contribution in [0.2, 0.25) is 0 Å². The van der Waals surface area contributed by atoms with Gasteiger partial charge in [-0.05, 0) is 31.0 Å². The molecule has 5 heteroatoms. The number of ether oxygens (including phenoxy) is 3. The average Bonchev–Trinajstić information content (AvgIpc) is 2.49. The Morgan fingerprint density at radius 1 is 1.00 bits per heavy atom. The predicted octanol–water partition coefficient (Wildman–Crippen LogP) is 2.62. The van der Waals surface area contributed by atoms with Crippen LogP contribution in [0.3, 0.4) is 0 Å². The molecule has 1 aromatic rings. The van der Waals surface area contributed by atoms with Crippen LogP contribution in [0.1, 0.15) is 37.0 Å². The van der Waals surface area contributed by atoms with Gasteiger partial charge in [-0.15, -0.1) is 0 Å². The molecule has 0 aliphatic heterocycles. The Kier molecular flexibility index (Phi) is 6.56. The highest BCUT2D eigenvalue weighted by Gasteiger charge is 2.19. The topological polar surface area (TPSA) is 61.8 Å². The molecule has 0 bridgehead atoms. The van der Waals surface area contributed by atoms with Crippen LogP contribution in [-0.2, 0) is 9.53 Å². The second kappa shape index (κ2) is 8.19. The van der Waals surface area contributed by atoms with Crippen LogP contribution in [0.25, 0.3) is 0 Å². The van der Waals surface area contributed by atoms with Crippen molar-refractivity contribution in [3.8, 4) is 11.5 Å². The third kappa shape index (κ3) is 4.26. The fraction of sp³-hybridized carbons (Fsp3) is 0.467. The van der Waals surface area contributed by atoms with Crippen LogP contribution >= 0.6 is 0 Å². The molecule has 0 saturated heterocycles. The molecular weight excluding hydrogens is 260 g/mol. The lowest BCUT2D eigenvalue weighted by molar-refractivity contribution is -0.135. The third-order valence-electron chi connectivity index (χ3n) is 2.50. The number of ketones is 1. The van der Waals surface area contributed by atoms with Gasteiger partial charge in [0.2, 0.25) is 0 Å². The Hall–Kier alpha value is -2.04. The SMILES string of the molecule is CCCOc1ccc(C(=O)C(=O)OC)cc1OCCC. The van der Waals surface area contributed by atoms with Crippen LogP contribution in [0.5, 0.6) is 11.5 Å². The van der Waals surface area contributed by atoms with E-state index < -0.39 is 11.8 Å². The average molecular weight is 280 g/mol. The summed E-state index contributed by atoms with van der Waals surface area (Å²) >= 11 is 0. The van der Waals surface area contributed by atoms with Gasteiger partial charge in [0, 0.05) is 5.56 Å². The number of carbonyl (C=O) groups excluding carboxylic acids is 2. The molecule has 0 fully saturated rings. The molecule has 0 radical (unpaired) electrons. The van der Waals surface area contributed by atoms with Crippen molar-refractivity contribution in [2.75, 3.05) is 20.3 Å². The highest BCUT2D eigenvalue weighted by atomic mass is 16.5. The standard InChI is InChI=1S/C15H20O5/c1-4-8-19-12-7-6-11(14(16)15(17)18-3)10-13(12)20-9-5-2/h6-7,10H,4-5,8-9H2,1-3H3. The summed E-state index contributed by atoms with van der Waals surface area (Å²) < 4.78 is 15.5. The van der Waals surface area contributed by atoms with Crippen LogP contribution in [-0.4, -0.2) is 32.1 Å². The van der Waals surface area contributed by atoms with Crippen molar-refractivity contribution in [3.05, 3.63) is 23.8 Å². The van der Waals surface area contributed by atoms with E-state index in [4.69, 9.17) is 9.47 Å². The molecule has 0 heterocycles. The highest BCUT2D eigenvalue weighted by molar-refractivity contribution is 6.40. The zero-order valence-corrected chi connectivity index (χ0v) is 12.1. The molecule has 0 aromatic heterocycles. The lowest BCUT2D eigenvalue weighted by atomic mass is 10.1. The summed E-state index contributed by atoms with van der Waals surface area (Å²) in [5.74, 6) is -0.554. The van der Waals surface area contributed by atoms with E-state index in [0.29, 0.717) is 24.7 Å². The molecule has 0 aliphatic rings. The number of Topliss-reactive ketones (excluding diaryl/α,β-unsaturated/α-hetero) is 1. The van der Waals surface area contributed by atoms with Gasteiger partial charge in [0.05, 0.1) is 20.3 Å². The summed E-state index contributed by atoms with van der Waals surface area (Å²) in [6, 6.07) is 4.68. The quantitative estimate of drug-likeness (QED) is 0.416. The lowest BCUT2D eigenvalue weighted by Crippen LogP contribution is -2.16. The van der Waals surface area contributed by atoms with E-state index in [1.54, 1.807) is 6.07 Å². The molecule has 0 N–H and O–H groups in total. The van der Waals surface area contributed by atoms with Gasteiger partial charge in [-0.3, -0.25) is 4.79 Å². The molecule has 0 atom stereocenters. The normalized spacial score (nSPS) is 9.95. The first kappa shape index (κ1) is 16.0. The number of carbonyl (C=O) groups is 2. The Labute approximate surface area is 118 Å². The zero-order valence-electron chi connectivity index (χ0n) is 12.1. The molecular formula is C15H20O5. The number of hydrogen-bond donors (Lipinski definition) is 0. The second-order valence-corrected chi connectivity index (χ2v) is 4.18. The first-order valence-corrected chi connectivity index (χ1v) is 6.66. The number of methoxy groups -OCH3 is 1. The minimum atomic E-state index is -0.895. The van der Waals surface area contributed by atoms with E-state index in [0.717, 1.165) is 12.8 Å². The van der Waals surface area contributed by atoms with Crippen molar-refractivity contribution < 1.29 is 23.8 Å². The Morgan fingerprint density at radius 2 is 1.60 bits per heavy atom. The molecule has 0 amide bonds. The summed E-state index contributed by atoms with van der Waals surface area (Å²) in [4.78, 5) is 23.0.